The van der Waals surface area contributed by atoms with Crippen molar-refractivity contribution in [1.29, 1.82) is 0 Å². The average Bonchev–Trinajstić information content (AvgIpc) is 2.87. The molecule has 1 fully saturated rings. The molecule has 23 heavy (non-hydrogen) atoms. The van der Waals surface area contributed by atoms with Gasteiger partial charge in [-0.2, -0.15) is 13.2 Å². The van der Waals surface area contributed by atoms with Crippen LogP contribution in [0.15, 0.2) is 29.8 Å². The first-order valence-electron chi connectivity index (χ1n) is 7.46. The number of carbonyl (C=O) groups excluding carboxylic acids is 1. The van der Waals surface area contributed by atoms with Crippen molar-refractivity contribution in [1.82, 2.24) is 0 Å². The highest BCUT2D eigenvalue weighted by atomic mass is 19.4. The van der Waals surface area contributed by atoms with Gasteiger partial charge in [0.25, 0.3) is 0 Å². The lowest BCUT2D eigenvalue weighted by molar-refractivity contribution is -0.137. The van der Waals surface area contributed by atoms with Crippen molar-refractivity contribution in [3.05, 3.63) is 41.0 Å². The molecule has 1 aliphatic heterocycles. The van der Waals surface area contributed by atoms with Crippen LogP contribution in [-0.2, 0) is 21.1 Å². The second kappa shape index (κ2) is 5.58. The van der Waals surface area contributed by atoms with Gasteiger partial charge in [0.1, 0.15) is 5.75 Å². The summed E-state index contributed by atoms with van der Waals surface area (Å²) in [5, 5.41) is 0. The highest BCUT2D eigenvalue weighted by Crippen LogP contribution is 2.50. The number of hydrogen-bond donors (Lipinski definition) is 0. The molecule has 1 aliphatic carbocycles. The summed E-state index contributed by atoms with van der Waals surface area (Å²) in [6.45, 7) is 0.398. The molecular weight excluding hydrogens is 309 g/mol. The molecule has 3 nitrogen and oxygen atoms in total. The standard InChI is InChI=1S/C17H17F3O3/c1-22-15(21)8-11-4-6-16(7-5-11)10-23-14-9-12(17(18,19)20)2-3-13(14)16/h2-3,8-9H,4-7,10H2,1H3. The molecule has 0 radical (unpaired) electrons. The summed E-state index contributed by atoms with van der Waals surface area (Å²) in [6.07, 6.45) is 0.105. The van der Waals surface area contributed by atoms with Crippen LogP contribution >= 0.6 is 0 Å². The van der Waals surface area contributed by atoms with Crippen LogP contribution in [0, 0.1) is 0 Å². The fraction of sp³-hybridized carbons (Fsp3) is 0.471. The van der Waals surface area contributed by atoms with Crippen LogP contribution in [0.25, 0.3) is 0 Å². The second-order valence-electron chi connectivity index (χ2n) is 6.10. The number of fused-ring (bicyclic) bond motifs is 2. The van der Waals surface area contributed by atoms with Crippen LogP contribution in [-0.4, -0.2) is 19.7 Å². The molecular formula is C17H17F3O3. The molecule has 1 spiro atoms. The molecule has 1 aromatic carbocycles. The Kier molecular flexibility index (Phi) is 3.86. The molecule has 0 unspecified atom stereocenters. The monoisotopic (exact) mass is 326 g/mol. The van der Waals surface area contributed by atoms with Crippen LogP contribution in [0.4, 0.5) is 13.2 Å². The van der Waals surface area contributed by atoms with E-state index in [2.05, 4.69) is 4.74 Å². The first-order chi connectivity index (χ1) is 10.8. The van der Waals surface area contributed by atoms with E-state index in [0.717, 1.165) is 49.0 Å². The predicted octanol–water partition coefficient (Wildman–Crippen LogP) is 4.01. The van der Waals surface area contributed by atoms with E-state index in [1.165, 1.54) is 13.2 Å². The Hall–Kier alpha value is -1.98. The number of methoxy groups -OCH3 is 1. The molecule has 1 saturated carbocycles. The number of carbonyl (C=O) groups is 1. The summed E-state index contributed by atoms with van der Waals surface area (Å²) < 4.78 is 48.5. The lowest BCUT2D eigenvalue weighted by Crippen LogP contribution is -2.31. The lowest BCUT2D eigenvalue weighted by atomic mass is 9.69. The van der Waals surface area contributed by atoms with Gasteiger partial charge in [-0.15, -0.1) is 0 Å². The van der Waals surface area contributed by atoms with E-state index in [1.807, 2.05) is 0 Å². The molecule has 2 aliphatic rings. The summed E-state index contributed by atoms with van der Waals surface area (Å²) in [5.41, 5.74) is 0.938. The third kappa shape index (κ3) is 2.94. The van der Waals surface area contributed by atoms with Crippen molar-refractivity contribution in [2.24, 2.45) is 0 Å². The van der Waals surface area contributed by atoms with Gasteiger partial charge in [-0.1, -0.05) is 11.6 Å². The topological polar surface area (TPSA) is 35.5 Å². The zero-order valence-electron chi connectivity index (χ0n) is 12.7. The lowest BCUT2D eigenvalue weighted by Gasteiger charge is -2.33. The summed E-state index contributed by atoms with van der Waals surface area (Å²) in [7, 11) is 1.34. The number of ether oxygens (including phenoxy) is 2. The first kappa shape index (κ1) is 15.9. The van der Waals surface area contributed by atoms with Crippen LogP contribution in [0.2, 0.25) is 0 Å². The van der Waals surface area contributed by atoms with Gasteiger partial charge >= 0.3 is 12.1 Å². The largest absolute Gasteiger partial charge is 0.492 e. The molecule has 0 N–H and O–H groups in total. The van der Waals surface area contributed by atoms with Gasteiger partial charge in [0.2, 0.25) is 0 Å². The predicted molar refractivity (Wildman–Crippen MR) is 77.2 cm³/mol. The van der Waals surface area contributed by atoms with Crippen LogP contribution in [0.1, 0.15) is 36.8 Å². The van der Waals surface area contributed by atoms with Crippen molar-refractivity contribution in [2.75, 3.05) is 13.7 Å². The zero-order valence-corrected chi connectivity index (χ0v) is 12.7. The molecule has 1 aromatic rings. The normalized spacial score (nSPS) is 23.4. The van der Waals surface area contributed by atoms with Crippen LogP contribution < -0.4 is 4.74 Å². The SMILES string of the molecule is COC(=O)C=C1CCC2(CC1)COc1cc(C(F)(F)F)ccc12. The zero-order chi connectivity index (χ0) is 16.7. The minimum atomic E-state index is -4.36. The van der Waals surface area contributed by atoms with Crippen molar-refractivity contribution in [2.45, 2.75) is 37.3 Å². The van der Waals surface area contributed by atoms with Crippen molar-refractivity contribution in [3.8, 4) is 5.75 Å². The number of allylic oxidation sites excluding steroid dienone is 1. The third-order valence-corrected chi connectivity index (χ3v) is 4.76. The van der Waals surface area contributed by atoms with Gasteiger partial charge in [0.15, 0.2) is 0 Å². The first-order valence-corrected chi connectivity index (χ1v) is 7.46. The summed E-state index contributed by atoms with van der Waals surface area (Å²) in [5.74, 6) is -0.0333. The van der Waals surface area contributed by atoms with E-state index < -0.39 is 11.7 Å². The highest BCUT2D eigenvalue weighted by molar-refractivity contribution is 5.82. The van der Waals surface area contributed by atoms with E-state index in [-0.39, 0.29) is 11.4 Å². The summed E-state index contributed by atoms with van der Waals surface area (Å²) in [4.78, 5) is 11.3. The Balaban J connectivity index is 1.81. The van der Waals surface area contributed by atoms with Gasteiger partial charge in [0.05, 0.1) is 19.3 Å². The third-order valence-electron chi connectivity index (χ3n) is 4.76. The molecule has 0 atom stereocenters. The summed E-state index contributed by atoms with van der Waals surface area (Å²) >= 11 is 0. The van der Waals surface area contributed by atoms with Gasteiger partial charge < -0.3 is 9.47 Å². The Morgan fingerprint density at radius 3 is 2.61 bits per heavy atom. The molecule has 0 bridgehead atoms. The van der Waals surface area contributed by atoms with Crippen molar-refractivity contribution in [3.63, 3.8) is 0 Å². The average molecular weight is 326 g/mol. The number of hydrogen-bond acceptors (Lipinski definition) is 3. The van der Waals surface area contributed by atoms with Crippen molar-refractivity contribution >= 4 is 5.97 Å². The molecule has 1 heterocycles. The summed E-state index contributed by atoms with van der Waals surface area (Å²) in [6, 6.07) is 3.75. The molecule has 124 valence electrons. The quantitative estimate of drug-likeness (QED) is 0.578. The molecule has 0 amide bonds. The van der Waals surface area contributed by atoms with E-state index in [0.29, 0.717) is 12.4 Å². The molecule has 0 aromatic heterocycles. The van der Waals surface area contributed by atoms with Gasteiger partial charge in [0, 0.05) is 17.1 Å². The maximum absolute atomic E-state index is 12.8. The second-order valence-corrected chi connectivity index (χ2v) is 6.10. The molecule has 0 saturated heterocycles. The number of rotatable bonds is 1. The van der Waals surface area contributed by atoms with Crippen LogP contribution in [0.5, 0.6) is 5.75 Å². The Morgan fingerprint density at radius 2 is 2.00 bits per heavy atom. The van der Waals surface area contributed by atoms with E-state index in [1.54, 1.807) is 6.07 Å². The van der Waals surface area contributed by atoms with Gasteiger partial charge in [-0.3, -0.25) is 0 Å². The van der Waals surface area contributed by atoms with E-state index in [4.69, 9.17) is 4.74 Å². The number of alkyl halides is 3. The number of esters is 1. The fourth-order valence-corrected chi connectivity index (χ4v) is 3.38. The minimum absolute atomic E-state index is 0.243. The Bertz CT molecular complexity index is 652. The highest BCUT2D eigenvalue weighted by Gasteiger charge is 2.43. The van der Waals surface area contributed by atoms with Gasteiger partial charge in [-0.25, -0.2) is 4.79 Å². The van der Waals surface area contributed by atoms with Crippen molar-refractivity contribution < 1.29 is 27.4 Å². The fourth-order valence-electron chi connectivity index (χ4n) is 3.38. The number of halogens is 3. The van der Waals surface area contributed by atoms with Gasteiger partial charge in [-0.05, 0) is 37.8 Å². The molecule has 3 rings (SSSR count). The smallest absolute Gasteiger partial charge is 0.416 e. The van der Waals surface area contributed by atoms with Crippen LogP contribution in [0.3, 0.4) is 0 Å². The van der Waals surface area contributed by atoms with E-state index >= 15 is 0 Å². The minimum Gasteiger partial charge on any atom is -0.492 e. The maximum atomic E-state index is 12.8. The number of benzene rings is 1. The molecule has 6 heteroatoms. The Labute approximate surface area is 132 Å². The maximum Gasteiger partial charge on any atom is 0.416 e. The van der Waals surface area contributed by atoms with E-state index in [9.17, 15) is 18.0 Å². The Morgan fingerprint density at radius 1 is 1.30 bits per heavy atom.